The first-order valence-corrected chi connectivity index (χ1v) is 7.03. The molecule has 0 radical (unpaired) electrons. The fourth-order valence-electron chi connectivity index (χ4n) is 3.01. The van der Waals surface area contributed by atoms with E-state index in [-0.39, 0.29) is 0 Å². The van der Waals surface area contributed by atoms with Crippen LogP contribution in [0.2, 0.25) is 0 Å². The molecule has 1 N–H and O–H groups in total. The largest absolute Gasteiger partial charge is 0.469 e. The van der Waals surface area contributed by atoms with Crippen LogP contribution in [-0.4, -0.2) is 15.8 Å². The van der Waals surface area contributed by atoms with E-state index in [0.717, 1.165) is 18.6 Å². The summed E-state index contributed by atoms with van der Waals surface area (Å²) in [7, 11) is 2.04. The predicted octanol–water partition coefficient (Wildman–Crippen LogP) is 2.61. The van der Waals surface area contributed by atoms with Crippen molar-refractivity contribution in [2.75, 3.05) is 0 Å². The zero-order valence-corrected chi connectivity index (χ0v) is 11.6. The van der Waals surface area contributed by atoms with E-state index in [1.807, 2.05) is 30.1 Å². The van der Waals surface area contributed by atoms with Gasteiger partial charge in [-0.05, 0) is 38.3 Å². The number of fused-ring (bicyclic) bond motifs is 1. The number of hydrogen-bond donors (Lipinski definition) is 1. The summed E-state index contributed by atoms with van der Waals surface area (Å²) < 4.78 is 7.42. The predicted molar refractivity (Wildman–Crippen MR) is 73.9 cm³/mol. The van der Waals surface area contributed by atoms with Gasteiger partial charge in [0.2, 0.25) is 0 Å². The van der Waals surface area contributed by atoms with Gasteiger partial charge in [-0.25, -0.2) is 0 Å². The number of furan rings is 1. The summed E-state index contributed by atoms with van der Waals surface area (Å²) in [6, 6.07) is 4.82. The molecule has 0 aliphatic heterocycles. The maximum absolute atomic E-state index is 5.41. The number of rotatable bonds is 4. The molecular formula is C15H21N3O. The van der Waals surface area contributed by atoms with E-state index >= 15 is 0 Å². The van der Waals surface area contributed by atoms with E-state index in [1.165, 1.54) is 24.1 Å². The third-order valence-corrected chi connectivity index (χ3v) is 3.95. The minimum absolute atomic E-state index is 0.405. The lowest BCUT2D eigenvalue weighted by molar-refractivity contribution is 0.384. The lowest BCUT2D eigenvalue weighted by Gasteiger charge is -2.27. The highest BCUT2D eigenvalue weighted by atomic mass is 16.3. The molecule has 102 valence electrons. The number of hydrogen-bond acceptors (Lipinski definition) is 3. The van der Waals surface area contributed by atoms with Crippen molar-refractivity contribution in [1.29, 1.82) is 0 Å². The minimum Gasteiger partial charge on any atom is -0.469 e. The summed E-state index contributed by atoms with van der Waals surface area (Å²) in [5, 5.41) is 8.10. The topological polar surface area (TPSA) is 43.0 Å². The Hall–Kier alpha value is -1.55. The molecule has 0 amide bonds. The van der Waals surface area contributed by atoms with E-state index in [9.17, 15) is 0 Å². The molecule has 0 bridgehead atoms. The van der Waals surface area contributed by atoms with E-state index < -0.39 is 0 Å². The Morgan fingerprint density at radius 3 is 3.26 bits per heavy atom. The molecule has 4 nitrogen and oxygen atoms in total. The molecule has 1 aliphatic carbocycles. The van der Waals surface area contributed by atoms with Gasteiger partial charge in [0.1, 0.15) is 5.76 Å². The van der Waals surface area contributed by atoms with Gasteiger partial charge in [0.05, 0.1) is 12.5 Å². The molecule has 2 atom stereocenters. The Balaban J connectivity index is 1.67. The first-order chi connectivity index (χ1) is 9.24. The average Bonchev–Trinajstić information content (AvgIpc) is 3.01. The Morgan fingerprint density at radius 2 is 2.47 bits per heavy atom. The minimum atomic E-state index is 0.405. The molecule has 0 aromatic carbocycles. The van der Waals surface area contributed by atoms with Gasteiger partial charge in [0, 0.05) is 36.8 Å². The molecule has 3 rings (SSSR count). The molecule has 19 heavy (non-hydrogen) atoms. The number of nitrogens with one attached hydrogen (secondary N) is 1. The molecule has 1 aliphatic rings. The third kappa shape index (κ3) is 2.59. The van der Waals surface area contributed by atoms with Crippen LogP contribution in [0.5, 0.6) is 0 Å². The Labute approximate surface area is 113 Å². The number of aromatic nitrogens is 2. The summed E-state index contributed by atoms with van der Waals surface area (Å²) >= 11 is 0. The van der Waals surface area contributed by atoms with Crippen molar-refractivity contribution >= 4 is 0 Å². The van der Waals surface area contributed by atoms with E-state index in [0.29, 0.717) is 12.1 Å². The van der Waals surface area contributed by atoms with Crippen LogP contribution in [0.1, 0.15) is 42.8 Å². The van der Waals surface area contributed by atoms with Gasteiger partial charge < -0.3 is 9.73 Å². The first kappa shape index (κ1) is 12.5. The van der Waals surface area contributed by atoms with Gasteiger partial charge in [-0.15, -0.1) is 0 Å². The van der Waals surface area contributed by atoms with Crippen molar-refractivity contribution in [1.82, 2.24) is 15.1 Å². The second-order valence-corrected chi connectivity index (χ2v) is 5.47. The smallest absolute Gasteiger partial charge is 0.105 e. The van der Waals surface area contributed by atoms with Crippen LogP contribution >= 0.6 is 0 Å². The highest BCUT2D eigenvalue weighted by molar-refractivity contribution is 5.24. The molecule has 2 heterocycles. The van der Waals surface area contributed by atoms with E-state index in [1.54, 1.807) is 6.26 Å². The van der Waals surface area contributed by atoms with Gasteiger partial charge in [0.25, 0.3) is 0 Å². The maximum Gasteiger partial charge on any atom is 0.105 e. The SMILES string of the molecule is CC(Cc1ccco1)NC1CCCc2c1cnn2C. The Bertz CT molecular complexity index is 530. The second-order valence-electron chi connectivity index (χ2n) is 5.47. The zero-order chi connectivity index (χ0) is 13.2. The highest BCUT2D eigenvalue weighted by Crippen LogP contribution is 2.29. The van der Waals surface area contributed by atoms with Crippen LogP contribution in [0.25, 0.3) is 0 Å². The summed E-state index contributed by atoms with van der Waals surface area (Å²) in [5.41, 5.74) is 2.76. The summed E-state index contributed by atoms with van der Waals surface area (Å²) in [6.45, 7) is 2.22. The van der Waals surface area contributed by atoms with Crippen molar-refractivity contribution in [3.63, 3.8) is 0 Å². The number of nitrogens with zero attached hydrogens (tertiary/aromatic N) is 2. The fourth-order valence-corrected chi connectivity index (χ4v) is 3.01. The summed E-state index contributed by atoms with van der Waals surface area (Å²) in [5.74, 6) is 1.04. The van der Waals surface area contributed by atoms with E-state index in [2.05, 4.69) is 17.3 Å². The van der Waals surface area contributed by atoms with Crippen LogP contribution < -0.4 is 5.32 Å². The molecule has 2 aromatic heterocycles. The van der Waals surface area contributed by atoms with Crippen molar-refractivity contribution in [3.05, 3.63) is 41.6 Å². The van der Waals surface area contributed by atoms with Crippen molar-refractivity contribution < 1.29 is 4.42 Å². The zero-order valence-electron chi connectivity index (χ0n) is 11.6. The van der Waals surface area contributed by atoms with Gasteiger partial charge in [-0.2, -0.15) is 5.10 Å². The van der Waals surface area contributed by atoms with Gasteiger partial charge in [-0.3, -0.25) is 4.68 Å². The third-order valence-electron chi connectivity index (χ3n) is 3.95. The molecule has 2 unspecified atom stereocenters. The summed E-state index contributed by atoms with van der Waals surface area (Å²) in [6.07, 6.45) is 8.27. The van der Waals surface area contributed by atoms with Gasteiger partial charge in [0.15, 0.2) is 0 Å². The Kier molecular flexibility index (Phi) is 3.42. The van der Waals surface area contributed by atoms with Crippen molar-refractivity contribution in [2.45, 2.75) is 44.7 Å². The fraction of sp³-hybridized carbons (Fsp3) is 0.533. The average molecular weight is 259 g/mol. The Morgan fingerprint density at radius 1 is 1.58 bits per heavy atom. The van der Waals surface area contributed by atoms with Crippen LogP contribution in [0.3, 0.4) is 0 Å². The standard InChI is InChI=1S/C15H21N3O/c1-11(9-12-5-4-8-19-12)17-14-6-3-7-15-13(14)10-16-18(15)2/h4-5,8,10-11,14,17H,3,6-7,9H2,1-2H3. The summed E-state index contributed by atoms with van der Waals surface area (Å²) in [4.78, 5) is 0. The molecular weight excluding hydrogens is 238 g/mol. The first-order valence-electron chi connectivity index (χ1n) is 7.03. The van der Waals surface area contributed by atoms with Crippen molar-refractivity contribution in [2.24, 2.45) is 7.05 Å². The number of aryl methyl sites for hydroxylation is 1. The lowest BCUT2D eigenvalue weighted by Crippen LogP contribution is -2.34. The maximum atomic E-state index is 5.41. The van der Waals surface area contributed by atoms with Crippen LogP contribution in [0.4, 0.5) is 0 Å². The highest BCUT2D eigenvalue weighted by Gasteiger charge is 2.24. The van der Waals surface area contributed by atoms with Crippen molar-refractivity contribution in [3.8, 4) is 0 Å². The molecule has 0 spiro atoms. The van der Waals surface area contributed by atoms with Gasteiger partial charge >= 0.3 is 0 Å². The van der Waals surface area contributed by atoms with E-state index in [4.69, 9.17) is 4.42 Å². The van der Waals surface area contributed by atoms with Gasteiger partial charge in [-0.1, -0.05) is 0 Å². The molecule has 0 saturated heterocycles. The second kappa shape index (κ2) is 5.21. The molecule has 2 aromatic rings. The lowest BCUT2D eigenvalue weighted by atomic mass is 9.92. The quantitative estimate of drug-likeness (QED) is 0.917. The molecule has 0 fully saturated rings. The van der Waals surface area contributed by atoms with Crippen LogP contribution in [0.15, 0.2) is 29.0 Å². The van der Waals surface area contributed by atoms with Crippen LogP contribution in [0, 0.1) is 0 Å². The van der Waals surface area contributed by atoms with Crippen LogP contribution in [-0.2, 0) is 19.9 Å². The normalized spacial score (nSPS) is 20.2. The molecule has 4 heteroatoms. The molecule has 0 saturated carbocycles. The monoisotopic (exact) mass is 259 g/mol.